The van der Waals surface area contributed by atoms with Crippen LogP contribution in [0.3, 0.4) is 0 Å². The van der Waals surface area contributed by atoms with Gasteiger partial charge >= 0.3 is 0 Å². The van der Waals surface area contributed by atoms with E-state index in [1.807, 2.05) is 42.5 Å². The summed E-state index contributed by atoms with van der Waals surface area (Å²) in [5.74, 6) is 0.984. The Balaban J connectivity index is 1.47. The van der Waals surface area contributed by atoms with E-state index in [9.17, 15) is 5.11 Å². The van der Waals surface area contributed by atoms with E-state index in [1.54, 1.807) is 6.20 Å². The Morgan fingerprint density at radius 2 is 1.85 bits per heavy atom. The number of benzene rings is 2. The molecule has 3 N–H and O–H groups in total. The number of hydrogen-bond donors (Lipinski definition) is 3. The van der Waals surface area contributed by atoms with Crippen molar-refractivity contribution in [3.8, 4) is 28.4 Å². The van der Waals surface area contributed by atoms with Gasteiger partial charge in [-0.25, -0.2) is 9.97 Å². The summed E-state index contributed by atoms with van der Waals surface area (Å²) < 4.78 is 0. The second kappa shape index (κ2) is 9.37. The van der Waals surface area contributed by atoms with Gasteiger partial charge in [0.1, 0.15) is 5.69 Å². The zero-order chi connectivity index (χ0) is 22.8. The van der Waals surface area contributed by atoms with Crippen molar-refractivity contribution in [2.24, 2.45) is 5.92 Å². The zero-order valence-electron chi connectivity index (χ0n) is 18.6. The van der Waals surface area contributed by atoms with Crippen molar-refractivity contribution < 1.29 is 5.11 Å². The molecule has 0 unspecified atom stereocenters. The number of aromatic amines is 1. The van der Waals surface area contributed by atoms with E-state index in [0.29, 0.717) is 28.1 Å². The third-order valence-electron chi connectivity index (χ3n) is 6.38. The van der Waals surface area contributed by atoms with Gasteiger partial charge in [0, 0.05) is 23.1 Å². The van der Waals surface area contributed by atoms with E-state index in [2.05, 4.69) is 32.4 Å². The molecule has 0 bridgehead atoms. The molecule has 1 saturated heterocycles. The molecule has 2 aromatic heterocycles. The van der Waals surface area contributed by atoms with E-state index < -0.39 is 0 Å². The van der Waals surface area contributed by atoms with Gasteiger partial charge in [-0.05, 0) is 57.5 Å². The summed E-state index contributed by atoms with van der Waals surface area (Å²) in [6.07, 6.45) is 5.19. The van der Waals surface area contributed by atoms with Gasteiger partial charge < -0.3 is 15.3 Å². The molecule has 2 aromatic carbocycles. The number of halogens is 1. The van der Waals surface area contributed by atoms with Crippen LogP contribution in [-0.2, 0) is 0 Å². The number of nitrogens with one attached hydrogen (secondary N) is 2. The van der Waals surface area contributed by atoms with Crippen molar-refractivity contribution in [3.63, 3.8) is 0 Å². The minimum atomic E-state index is -0.114. The largest absolute Gasteiger partial charge is 0.491 e. The first-order valence-electron chi connectivity index (χ1n) is 11.3. The standard InChI is InChI=1S/C25H27ClN6O/c1-32-11-8-16(9-12-32)7-10-27-24-25(33)30-23(22(29-24)17-5-3-2-4-6-17)18-13-19-15-28-31-21(19)20(26)14-18/h2-6,13-16H,7-12H2,1H3,(H,27,29)(H,28,31)(H,30,33). The van der Waals surface area contributed by atoms with Crippen LogP contribution in [0.4, 0.5) is 5.82 Å². The molecule has 1 aliphatic rings. The monoisotopic (exact) mass is 462 g/mol. The topological polar surface area (TPSA) is 90.0 Å². The first kappa shape index (κ1) is 21.7. The molecule has 1 aliphatic heterocycles. The van der Waals surface area contributed by atoms with Gasteiger partial charge in [-0.2, -0.15) is 5.10 Å². The molecule has 0 amide bonds. The Hall–Kier alpha value is -3.16. The predicted molar refractivity (Wildman–Crippen MR) is 133 cm³/mol. The molecular weight excluding hydrogens is 436 g/mol. The third-order valence-corrected chi connectivity index (χ3v) is 6.68. The molecule has 7 nitrogen and oxygen atoms in total. The quantitative estimate of drug-likeness (QED) is 0.365. The van der Waals surface area contributed by atoms with Gasteiger partial charge in [-0.15, -0.1) is 0 Å². The number of anilines is 1. The number of aromatic nitrogens is 4. The van der Waals surface area contributed by atoms with Gasteiger partial charge in [-0.1, -0.05) is 41.9 Å². The summed E-state index contributed by atoms with van der Waals surface area (Å²) >= 11 is 6.48. The zero-order valence-corrected chi connectivity index (χ0v) is 19.3. The maximum atomic E-state index is 10.7. The SMILES string of the molecule is CN1CCC(CCNc2nc(-c3ccccc3)c(-c3cc(Cl)c4[nH]ncc4c3)nc2O)CC1. The first-order valence-corrected chi connectivity index (χ1v) is 11.7. The highest BCUT2D eigenvalue weighted by molar-refractivity contribution is 6.35. The van der Waals surface area contributed by atoms with Gasteiger partial charge in [0.25, 0.3) is 5.88 Å². The lowest BCUT2D eigenvalue weighted by Crippen LogP contribution is -2.30. The molecule has 8 heteroatoms. The number of rotatable bonds is 6. The van der Waals surface area contributed by atoms with Gasteiger partial charge in [0.15, 0.2) is 5.82 Å². The average Bonchev–Trinajstić information content (AvgIpc) is 3.31. The molecule has 4 aromatic rings. The molecule has 0 aliphatic carbocycles. The summed E-state index contributed by atoms with van der Waals surface area (Å²) in [7, 11) is 2.17. The summed E-state index contributed by atoms with van der Waals surface area (Å²) in [6, 6.07) is 13.7. The Bertz CT molecular complexity index is 1250. The fraction of sp³-hybridized carbons (Fsp3) is 0.320. The highest BCUT2D eigenvalue weighted by Crippen LogP contribution is 2.36. The van der Waals surface area contributed by atoms with Crippen LogP contribution in [0.2, 0.25) is 5.02 Å². The van der Waals surface area contributed by atoms with Gasteiger partial charge in [0.2, 0.25) is 0 Å². The number of fused-ring (bicyclic) bond motifs is 1. The Kier molecular flexibility index (Phi) is 6.15. The Labute approximate surface area is 197 Å². The van der Waals surface area contributed by atoms with Crippen molar-refractivity contribution in [1.82, 2.24) is 25.1 Å². The Morgan fingerprint density at radius 1 is 1.09 bits per heavy atom. The van der Waals surface area contributed by atoms with Crippen LogP contribution in [-0.4, -0.2) is 56.9 Å². The number of likely N-dealkylation sites (tertiary alicyclic amines) is 1. The molecule has 5 rings (SSSR count). The second-order valence-electron chi connectivity index (χ2n) is 8.71. The minimum Gasteiger partial charge on any atom is -0.491 e. The lowest BCUT2D eigenvalue weighted by Gasteiger charge is -2.28. The van der Waals surface area contributed by atoms with Crippen molar-refractivity contribution in [2.75, 3.05) is 32.0 Å². The lowest BCUT2D eigenvalue weighted by molar-refractivity contribution is 0.215. The van der Waals surface area contributed by atoms with Gasteiger partial charge in [-0.3, -0.25) is 5.10 Å². The van der Waals surface area contributed by atoms with Crippen LogP contribution in [0, 0.1) is 5.92 Å². The minimum absolute atomic E-state index is 0.114. The molecule has 170 valence electrons. The third kappa shape index (κ3) is 4.65. The van der Waals surface area contributed by atoms with Crippen LogP contribution >= 0.6 is 11.6 Å². The van der Waals surface area contributed by atoms with Crippen LogP contribution in [0.1, 0.15) is 19.3 Å². The molecule has 3 heterocycles. The van der Waals surface area contributed by atoms with Crippen molar-refractivity contribution in [1.29, 1.82) is 0 Å². The van der Waals surface area contributed by atoms with Gasteiger partial charge in [0.05, 0.1) is 22.4 Å². The fourth-order valence-electron chi connectivity index (χ4n) is 4.44. The first-order chi connectivity index (χ1) is 16.1. The average molecular weight is 463 g/mol. The van der Waals surface area contributed by atoms with E-state index in [4.69, 9.17) is 16.6 Å². The van der Waals surface area contributed by atoms with Crippen molar-refractivity contribution in [2.45, 2.75) is 19.3 Å². The lowest BCUT2D eigenvalue weighted by atomic mass is 9.94. The van der Waals surface area contributed by atoms with Crippen LogP contribution < -0.4 is 5.32 Å². The van der Waals surface area contributed by atoms with Crippen LogP contribution in [0.5, 0.6) is 5.88 Å². The van der Waals surface area contributed by atoms with Crippen LogP contribution in [0.25, 0.3) is 33.4 Å². The molecule has 33 heavy (non-hydrogen) atoms. The van der Waals surface area contributed by atoms with Crippen molar-refractivity contribution in [3.05, 3.63) is 53.7 Å². The van der Waals surface area contributed by atoms with E-state index in [-0.39, 0.29) is 5.88 Å². The maximum Gasteiger partial charge on any atom is 0.255 e. The smallest absolute Gasteiger partial charge is 0.255 e. The fourth-order valence-corrected chi connectivity index (χ4v) is 4.71. The highest BCUT2D eigenvalue weighted by atomic mass is 35.5. The summed E-state index contributed by atoms with van der Waals surface area (Å²) in [6.45, 7) is 3.04. The van der Waals surface area contributed by atoms with E-state index >= 15 is 0 Å². The van der Waals surface area contributed by atoms with E-state index in [1.165, 1.54) is 12.8 Å². The molecule has 0 atom stereocenters. The number of aromatic hydroxyl groups is 1. The molecular formula is C25H27ClN6O. The molecule has 0 saturated carbocycles. The molecule has 1 fully saturated rings. The van der Waals surface area contributed by atoms with Crippen LogP contribution in [0.15, 0.2) is 48.7 Å². The summed E-state index contributed by atoms with van der Waals surface area (Å²) in [5.41, 5.74) is 3.72. The summed E-state index contributed by atoms with van der Waals surface area (Å²) in [5, 5.41) is 22.5. The van der Waals surface area contributed by atoms with E-state index in [0.717, 1.165) is 48.1 Å². The molecule has 0 spiro atoms. The normalized spacial score (nSPS) is 15.2. The maximum absolute atomic E-state index is 10.7. The highest BCUT2D eigenvalue weighted by Gasteiger charge is 2.19. The predicted octanol–water partition coefficient (Wildman–Crippen LogP) is 5.19. The summed E-state index contributed by atoms with van der Waals surface area (Å²) in [4.78, 5) is 11.7. The Morgan fingerprint density at radius 3 is 2.64 bits per heavy atom. The number of hydrogen-bond acceptors (Lipinski definition) is 6. The number of piperidine rings is 1. The second-order valence-corrected chi connectivity index (χ2v) is 9.12. The number of H-pyrrole nitrogens is 1. The molecule has 0 radical (unpaired) electrons. The van der Waals surface area contributed by atoms with Crippen molar-refractivity contribution >= 4 is 28.3 Å². The number of nitrogens with zero attached hydrogens (tertiary/aromatic N) is 4.